The lowest BCUT2D eigenvalue weighted by Gasteiger charge is -2.22. The molecule has 0 aliphatic carbocycles. The van der Waals surface area contributed by atoms with E-state index in [1.165, 1.54) is 0 Å². The zero-order valence-corrected chi connectivity index (χ0v) is 8.89. The minimum atomic E-state index is -3.32. The quantitative estimate of drug-likeness (QED) is 0.680. The van der Waals surface area contributed by atoms with Crippen LogP contribution in [0.1, 0.15) is 13.8 Å². The Morgan fingerprint density at radius 3 is 2.23 bits per heavy atom. The molecule has 0 rings (SSSR count). The van der Waals surface area contributed by atoms with Crippen LogP contribution in [0.2, 0.25) is 0 Å². The number of sulfonamides is 1. The number of rotatable bonds is 4. The van der Waals surface area contributed by atoms with Crippen LogP contribution in [0.4, 0.5) is 0 Å². The summed E-state index contributed by atoms with van der Waals surface area (Å²) in [6.07, 6.45) is 1.07. The number of nitrogens with one attached hydrogen (secondary N) is 1. The van der Waals surface area contributed by atoms with E-state index in [0.29, 0.717) is 0 Å². The van der Waals surface area contributed by atoms with E-state index < -0.39 is 15.9 Å². The molecule has 0 bridgehead atoms. The van der Waals surface area contributed by atoms with E-state index in [1.807, 2.05) is 0 Å². The van der Waals surface area contributed by atoms with Crippen molar-refractivity contribution in [3.8, 4) is 0 Å². The van der Waals surface area contributed by atoms with Gasteiger partial charge in [0.15, 0.2) is 0 Å². The van der Waals surface area contributed by atoms with E-state index in [1.54, 1.807) is 13.8 Å². The van der Waals surface area contributed by atoms with Gasteiger partial charge in [-0.15, -0.1) is 0 Å². The van der Waals surface area contributed by atoms with Crippen molar-refractivity contribution in [1.29, 1.82) is 0 Å². The summed E-state index contributed by atoms with van der Waals surface area (Å²) in [5.41, 5.74) is 0. The minimum absolute atomic E-state index is 0.181. The van der Waals surface area contributed by atoms with Crippen molar-refractivity contribution < 1.29 is 13.2 Å². The fourth-order valence-electron chi connectivity index (χ4n) is 0.880. The molecular formula is C7H15N2O3S. The molecular weight excluding hydrogens is 192 g/mol. The molecule has 0 unspecified atom stereocenters. The number of amides is 1. The van der Waals surface area contributed by atoms with Crippen LogP contribution in [0.25, 0.3) is 0 Å². The monoisotopic (exact) mass is 207 g/mol. The van der Waals surface area contributed by atoms with Gasteiger partial charge in [-0.25, -0.2) is 8.42 Å². The molecule has 0 saturated carbocycles. The Hall–Kier alpha value is -0.620. The van der Waals surface area contributed by atoms with Gasteiger partial charge < -0.3 is 5.32 Å². The number of hydrogen-bond acceptors (Lipinski definition) is 3. The van der Waals surface area contributed by atoms with Gasteiger partial charge in [0.1, 0.15) is 0 Å². The van der Waals surface area contributed by atoms with E-state index in [2.05, 4.69) is 12.4 Å². The van der Waals surface area contributed by atoms with Gasteiger partial charge in [-0.05, 0) is 13.8 Å². The largest absolute Gasteiger partial charge is 0.353 e. The van der Waals surface area contributed by atoms with Crippen LogP contribution in [0.3, 0.4) is 0 Å². The molecule has 0 fully saturated rings. The second-order valence-corrected chi connectivity index (χ2v) is 4.94. The molecule has 0 spiro atoms. The maximum atomic E-state index is 11.1. The van der Waals surface area contributed by atoms with Gasteiger partial charge in [-0.3, -0.25) is 4.79 Å². The van der Waals surface area contributed by atoms with E-state index in [-0.39, 0.29) is 12.6 Å². The third-order valence-electron chi connectivity index (χ3n) is 1.50. The Balaban J connectivity index is 4.56. The third-order valence-corrected chi connectivity index (χ3v) is 2.90. The van der Waals surface area contributed by atoms with Crippen LogP contribution in [-0.4, -0.2) is 37.5 Å². The predicted molar refractivity (Wildman–Crippen MR) is 50.2 cm³/mol. The highest BCUT2D eigenvalue weighted by atomic mass is 32.2. The molecule has 0 saturated heterocycles. The molecule has 0 heterocycles. The lowest BCUT2D eigenvalue weighted by molar-refractivity contribution is -0.120. The topological polar surface area (TPSA) is 66.5 Å². The highest BCUT2D eigenvalue weighted by Crippen LogP contribution is 2.03. The van der Waals surface area contributed by atoms with E-state index in [0.717, 1.165) is 10.6 Å². The van der Waals surface area contributed by atoms with Crippen molar-refractivity contribution in [2.45, 2.75) is 19.9 Å². The number of carbonyl (C=O) groups excluding carboxylic acids is 1. The van der Waals surface area contributed by atoms with Crippen molar-refractivity contribution in [2.75, 3.05) is 12.8 Å². The second kappa shape index (κ2) is 4.57. The highest BCUT2D eigenvalue weighted by molar-refractivity contribution is 7.88. The standard InChI is InChI=1S/C7H15N2O3S/c1-6(2)9(13(4,11)12)5-7(10)8-3/h6H,3,5H2,1-2,4H3,(H,8,10). The molecule has 1 amide bonds. The average Bonchev–Trinajstić information content (AvgIpc) is 1.96. The van der Waals surface area contributed by atoms with Crippen LogP contribution < -0.4 is 5.32 Å². The summed E-state index contributed by atoms with van der Waals surface area (Å²) in [7, 11) is -0.166. The summed E-state index contributed by atoms with van der Waals surface area (Å²) >= 11 is 0. The van der Waals surface area contributed by atoms with Crippen LogP contribution in [-0.2, 0) is 14.8 Å². The summed E-state index contributed by atoms with van der Waals surface area (Å²) < 4.78 is 23.4. The predicted octanol–water partition coefficient (Wildman–Crippen LogP) is -0.436. The van der Waals surface area contributed by atoms with E-state index in [9.17, 15) is 13.2 Å². The van der Waals surface area contributed by atoms with E-state index >= 15 is 0 Å². The Morgan fingerprint density at radius 2 is 2.00 bits per heavy atom. The summed E-state index contributed by atoms with van der Waals surface area (Å²) in [5.74, 6) is -0.417. The maximum absolute atomic E-state index is 11.1. The molecule has 0 aromatic carbocycles. The van der Waals surface area contributed by atoms with Gasteiger partial charge in [0, 0.05) is 13.1 Å². The first kappa shape index (κ1) is 12.4. The fraction of sp³-hybridized carbons (Fsp3) is 0.714. The first-order chi connectivity index (χ1) is 5.79. The fourth-order valence-corrected chi connectivity index (χ4v) is 2.00. The van der Waals surface area contributed by atoms with Gasteiger partial charge in [0.05, 0.1) is 12.8 Å². The number of carbonyl (C=O) groups is 1. The molecule has 5 nitrogen and oxygen atoms in total. The van der Waals surface area contributed by atoms with Crippen molar-refractivity contribution in [3.63, 3.8) is 0 Å². The molecule has 1 N–H and O–H groups in total. The van der Waals surface area contributed by atoms with Crippen molar-refractivity contribution in [2.24, 2.45) is 0 Å². The molecule has 0 aliphatic rings. The molecule has 77 valence electrons. The van der Waals surface area contributed by atoms with Gasteiger partial charge in [0.2, 0.25) is 15.9 Å². The normalized spacial score (nSPS) is 12.2. The Labute approximate surface area is 79.2 Å². The molecule has 1 radical (unpaired) electrons. The second-order valence-electron chi connectivity index (χ2n) is 3.00. The molecule has 6 heteroatoms. The van der Waals surface area contributed by atoms with Crippen molar-refractivity contribution >= 4 is 15.9 Å². The maximum Gasteiger partial charge on any atom is 0.235 e. The Bertz CT molecular complexity index is 271. The number of nitrogens with zero attached hydrogens (tertiary/aromatic N) is 1. The molecule has 0 aromatic heterocycles. The summed E-state index contributed by atoms with van der Waals surface area (Å²) in [5, 5.41) is 2.13. The molecule has 0 atom stereocenters. The Kier molecular flexibility index (Phi) is 4.35. The highest BCUT2D eigenvalue weighted by Gasteiger charge is 2.22. The van der Waals surface area contributed by atoms with Gasteiger partial charge in [0.25, 0.3) is 0 Å². The van der Waals surface area contributed by atoms with Gasteiger partial charge in [-0.1, -0.05) is 0 Å². The van der Waals surface area contributed by atoms with E-state index in [4.69, 9.17) is 0 Å². The average molecular weight is 207 g/mol. The van der Waals surface area contributed by atoms with Crippen molar-refractivity contribution in [3.05, 3.63) is 7.05 Å². The third kappa shape index (κ3) is 4.23. The summed E-state index contributed by atoms with van der Waals surface area (Å²) in [4.78, 5) is 10.9. The van der Waals surface area contributed by atoms with Crippen LogP contribution in [0.5, 0.6) is 0 Å². The van der Waals surface area contributed by atoms with Crippen LogP contribution in [0, 0.1) is 7.05 Å². The van der Waals surface area contributed by atoms with Crippen LogP contribution in [0.15, 0.2) is 0 Å². The van der Waals surface area contributed by atoms with Gasteiger partial charge >= 0.3 is 0 Å². The summed E-state index contributed by atoms with van der Waals surface area (Å²) in [6.45, 7) is 3.23. The first-order valence-electron chi connectivity index (χ1n) is 3.81. The van der Waals surface area contributed by atoms with Crippen LogP contribution >= 0.6 is 0 Å². The summed E-state index contributed by atoms with van der Waals surface area (Å²) in [6, 6.07) is -0.229. The molecule has 0 aliphatic heterocycles. The minimum Gasteiger partial charge on any atom is -0.353 e. The lowest BCUT2D eigenvalue weighted by atomic mass is 10.4. The zero-order chi connectivity index (χ0) is 10.6. The SMILES string of the molecule is [CH2]NC(=O)CN(C(C)C)S(C)(=O)=O. The Morgan fingerprint density at radius 1 is 1.54 bits per heavy atom. The molecule has 13 heavy (non-hydrogen) atoms. The lowest BCUT2D eigenvalue weighted by Crippen LogP contribution is -2.42. The molecule has 0 aromatic rings. The smallest absolute Gasteiger partial charge is 0.235 e. The van der Waals surface area contributed by atoms with Crippen molar-refractivity contribution in [1.82, 2.24) is 9.62 Å². The van der Waals surface area contributed by atoms with Gasteiger partial charge in [-0.2, -0.15) is 4.31 Å². The zero-order valence-electron chi connectivity index (χ0n) is 8.07. The number of hydrogen-bond donors (Lipinski definition) is 1. The first-order valence-corrected chi connectivity index (χ1v) is 5.66.